The number of hydrogen-bond donors (Lipinski definition) is 0. The second kappa shape index (κ2) is 8.09. The first kappa shape index (κ1) is 18.2. The molecular formula is C17H26NO4P. The Hall–Kier alpha value is -1.16. The molecule has 0 N–H and O–H groups in total. The van der Waals surface area contributed by atoms with E-state index in [2.05, 4.69) is 0 Å². The molecule has 1 heterocycles. The van der Waals surface area contributed by atoms with E-state index in [0.717, 1.165) is 5.56 Å². The van der Waals surface area contributed by atoms with Crippen LogP contribution in [0.2, 0.25) is 0 Å². The summed E-state index contributed by atoms with van der Waals surface area (Å²) in [7, 11) is -3.21. The molecule has 2 unspecified atom stereocenters. The Bertz CT molecular complexity index is 553. The van der Waals surface area contributed by atoms with Crippen LogP contribution in [0, 0.1) is 0 Å². The van der Waals surface area contributed by atoms with Gasteiger partial charge in [0.25, 0.3) is 0 Å². The highest BCUT2D eigenvalue weighted by Gasteiger charge is 2.45. The molecule has 5 nitrogen and oxygen atoms in total. The van der Waals surface area contributed by atoms with Crippen LogP contribution in [0.25, 0.3) is 0 Å². The third-order valence-corrected chi connectivity index (χ3v) is 6.98. The Kier molecular flexibility index (Phi) is 6.40. The Balaban J connectivity index is 2.20. The molecule has 128 valence electrons. The minimum absolute atomic E-state index is 0.0946. The number of carbonyl (C=O) groups is 1. The highest BCUT2D eigenvalue weighted by molar-refractivity contribution is 7.54. The first-order chi connectivity index (χ1) is 11.0. The highest BCUT2D eigenvalue weighted by atomic mass is 31.2. The summed E-state index contributed by atoms with van der Waals surface area (Å²) in [4.78, 5) is 14.2. The molecule has 2 rings (SSSR count). The van der Waals surface area contributed by atoms with Crippen LogP contribution in [-0.4, -0.2) is 35.7 Å². The van der Waals surface area contributed by atoms with E-state index >= 15 is 0 Å². The lowest BCUT2D eigenvalue weighted by atomic mass is 10.0. The zero-order valence-electron chi connectivity index (χ0n) is 14.1. The van der Waals surface area contributed by atoms with Gasteiger partial charge in [-0.1, -0.05) is 30.3 Å². The van der Waals surface area contributed by atoms with Crippen LogP contribution < -0.4 is 0 Å². The van der Waals surface area contributed by atoms with E-state index in [-0.39, 0.29) is 17.6 Å². The summed E-state index contributed by atoms with van der Waals surface area (Å²) in [6.07, 6.45) is 0.925. The van der Waals surface area contributed by atoms with E-state index in [1.165, 1.54) is 0 Å². The van der Waals surface area contributed by atoms with E-state index in [1.807, 2.05) is 51.1 Å². The molecule has 23 heavy (non-hydrogen) atoms. The number of likely N-dealkylation sites (tertiary alicyclic amines) is 1. The van der Waals surface area contributed by atoms with Gasteiger partial charge in [-0.25, -0.2) is 0 Å². The highest BCUT2D eigenvalue weighted by Crippen LogP contribution is 2.57. The summed E-state index contributed by atoms with van der Waals surface area (Å²) in [6, 6.07) is 9.67. The number of carbonyl (C=O) groups excluding carboxylic acids is 1. The molecule has 1 aliphatic rings. The Morgan fingerprint density at radius 2 is 1.78 bits per heavy atom. The van der Waals surface area contributed by atoms with Crippen LogP contribution in [0.5, 0.6) is 0 Å². The van der Waals surface area contributed by atoms with Gasteiger partial charge in [0.15, 0.2) is 0 Å². The molecule has 0 radical (unpaired) electrons. The van der Waals surface area contributed by atoms with Crippen LogP contribution in [0.3, 0.4) is 0 Å². The molecule has 0 saturated carbocycles. The maximum absolute atomic E-state index is 13.1. The van der Waals surface area contributed by atoms with Gasteiger partial charge in [-0.05, 0) is 32.8 Å². The van der Waals surface area contributed by atoms with Gasteiger partial charge in [0.2, 0.25) is 5.91 Å². The number of benzene rings is 1. The number of rotatable bonds is 7. The van der Waals surface area contributed by atoms with Crippen molar-refractivity contribution in [1.29, 1.82) is 0 Å². The molecule has 1 amide bonds. The van der Waals surface area contributed by atoms with Crippen molar-refractivity contribution in [2.45, 2.75) is 51.9 Å². The van der Waals surface area contributed by atoms with E-state index in [9.17, 15) is 9.36 Å². The van der Waals surface area contributed by atoms with E-state index in [0.29, 0.717) is 32.6 Å². The van der Waals surface area contributed by atoms with Crippen molar-refractivity contribution in [2.24, 2.45) is 0 Å². The third-order valence-electron chi connectivity index (χ3n) is 4.24. The predicted octanol–water partition coefficient (Wildman–Crippen LogP) is 3.83. The summed E-state index contributed by atoms with van der Waals surface area (Å²) in [5.41, 5.74) is 0.791. The van der Waals surface area contributed by atoms with Gasteiger partial charge >= 0.3 is 7.60 Å². The van der Waals surface area contributed by atoms with Crippen molar-refractivity contribution in [3.05, 3.63) is 35.9 Å². The normalized spacial score (nSPS) is 22.4. The Morgan fingerprint density at radius 3 is 2.35 bits per heavy atom. The summed E-state index contributed by atoms with van der Waals surface area (Å²) >= 11 is 0. The minimum Gasteiger partial charge on any atom is -0.335 e. The average molecular weight is 339 g/mol. The third kappa shape index (κ3) is 4.23. The molecule has 2 atom stereocenters. The Labute approximate surface area is 138 Å². The fraction of sp³-hybridized carbons (Fsp3) is 0.588. The lowest BCUT2D eigenvalue weighted by Gasteiger charge is -2.41. The Morgan fingerprint density at radius 1 is 1.17 bits per heavy atom. The van der Waals surface area contributed by atoms with Gasteiger partial charge in [-0.2, -0.15) is 0 Å². The standard InChI is InChI=1S/C17H26NO4P/c1-4-21-23(20,22-5-2)16-11-12-17(19)18(14(16)3)13-15-9-7-6-8-10-15/h6-10,14,16H,4-5,11-13H2,1-3H3. The number of nitrogens with zero attached hydrogens (tertiary/aromatic N) is 1. The molecule has 1 aromatic rings. The maximum atomic E-state index is 13.1. The smallest absolute Gasteiger partial charge is 0.335 e. The van der Waals surface area contributed by atoms with Gasteiger partial charge in [0.05, 0.1) is 18.9 Å². The monoisotopic (exact) mass is 339 g/mol. The van der Waals surface area contributed by atoms with Crippen molar-refractivity contribution in [1.82, 2.24) is 4.90 Å². The molecule has 0 aromatic heterocycles. The second-order valence-electron chi connectivity index (χ2n) is 5.73. The summed E-state index contributed by atoms with van der Waals surface area (Å²) in [5.74, 6) is 0.0946. The van der Waals surface area contributed by atoms with Crippen molar-refractivity contribution in [3.8, 4) is 0 Å². The predicted molar refractivity (Wildman–Crippen MR) is 90.3 cm³/mol. The van der Waals surface area contributed by atoms with E-state index in [1.54, 1.807) is 4.90 Å². The van der Waals surface area contributed by atoms with Crippen LogP contribution in [0.4, 0.5) is 0 Å². The van der Waals surface area contributed by atoms with Crippen molar-refractivity contribution >= 4 is 13.5 Å². The van der Waals surface area contributed by atoms with Gasteiger partial charge in [0.1, 0.15) is 0 Å². The molecule has 0 bridgehead atoms. The lowest BCUT2D eigenvalue weighted by Crippen LogP contribution is -2.49. The maximum Gasteiger partial charge on any atom is 0.335 e. The number of piperidine rings is 1. The van der Waals surface area contributed by atoms with Crippen LogP contribution in [-0.2, 0) is 25.0 Å². The van der Waals surface area contributed by atoms with Crippen LogP contribution >= 0.6 is 7.60 Å². The SMILES string of the molecule is CCOP(=O)(OCC)C1CCC(=O)N(Cc2ccccc2)C1C. The zero-order valence-corrected chi connectivity index (χ0v) is 15.0. The van der Waals surface area contributed by atoms with E-state index in [4.69, 9.17) is 9.05 Å². The van der Waals surface area contributed by atoms with Crippen molar-refractivity contribution < 1.29 is 18.4 Å². The van der Waals surface area contributed by atoms with Crippen LogP contribution in [0.15, 0.2) is 30.3 Å². The van der Waals surface area contributed by atoms with Crippen molar-refractivity contribution in [2.75, 3.05) is 13.2 Å². The van der Waals surface area contributed by atoms with Crippen LogP contribution in [0.1, 0.15) is 39.2 Å². The fourth-order valence-corrected chi connectivity index (χ4v) is 5.43. The molecule has 1 aliphatic heterocycles. The molecule has 0 spiro atoms. The first-order valence-electron chi connectivity index (χ1n) is 8.24. The summed E-state index contributed by atoms with van der Waals surface area (Å²) in [5, 5.41) is 0. The van der Waals surface area contributed by atoms with Gasteiger partial charge in [-0.3, -0.25) is 9.36 Å². The van der Waals surface area contributed by atoms with E-state index < -0.39 is 7.60 Å². The van der Waals surface area contributed by atoms with Gasteiger partial charge in [-0.15, -0.1) is 0 Å². The molecule has 6 heteroatoms. The number of hydrogen-bond acceptors (Lipinski definition) is 4. The summed E-state index contributed by atoms with van der Waals surface area (Å²) < 4.78 is 24.1. The van der Waals surface area contributed by atoms with Gasteiger partial charge in [0, 0.05) is 19.0 Å². The molecule has 0 aliphatic carbocycles. The summed E-state index contributed by atoms with van der Waals surface area (Å²) in [6.45, 7) is 6.77. The van der Waals surface area contributed by atoms with Crippen molar-refractivity contribution in [3.63, 3.8) is 0 Å². The molecule has 1 saturated heterocycles. The quantitative estimate of drug-likeness (QED) is 0.709. The lowest BCUT2D eigenvalue weighted by molar-refractivity contribution is -0.136. The first-order valence-corrected chi connectivity index (χ1v) is 9.85. The molecule has 1 aromatic carbocycles. The average Bonchev–Trinajstić information content (AvgIpc) is 2.52. The largest absolute Gasteiger partial charge is 0.335 e. The zero-order chi connectivity index (χ0) is 16.9. The fourth-order valence-electron chi connectivity index (χ4n) is 3.11. The van der Waals surface area contributed by atoms with Gasteiger partial charge < -0.3 is 13.9 Å². The minimum atomic E-state index is -3.21. The molecular weight excluding hydrogens is 313 g/mol. The second-order valence-corrected chi connectivity index (χ2v) is 7.99. The topological polar surface area (TPSA) is 55.8 Å². The number of amides is 1. The molecule has 1 fully saturated rings.